The van der Waals surface area contributed by atoms with Crippen molar-refractivity contribution in [1.29, 1.82) is 0 Å². The first kappa shape index (κ1) is 26.5. The molecule has 170 valence electrons. The first-order valence-electron chi connectivity index (χ1n) is 9.31. The van der Waals surface area contributed by atoms with Crippen LogP contribution >= 0.6 is 24.0 Å². The van der Waals surface area contributed by atoms with Gasteiger partial charge in [-0.3, -0.25) is 9.79 Å². The molecular weight excluding hydrogens is 524 g/mol. The molecule has 6 nitrogen and oxygen atoms in total. The Bertz CT molecular complexity index is 861. The van der Waals surface area contributed by atoms with Gasteiger partial charge < -0.3 is 20.7 Å². The molecule has 3 N–H and O–H groups in total. The molecule has 0 saturated heterocycles. The van der Waals surface area contributed by atoms with Crippen LogP contribution in [-0.2, 0) is 17.9 Å². The van der Waals surface area contributed by atoms with E-state index < -0.39 is 12.8 Å². The molecule has 0 aliphatic heterocycles. The Balaban J connectivity index is 0.00000480. The Morgan fingerprint density at radius 3 is 2.39 bits per heavy atom. The summed E-state index contributed by atoms with van der Waals surface area (Å²) in [5.41, 5.74) is 2.31. The summed E-state index contributed by atoms with van der Waals surface area (Å²) in [6.45, 7) is 0.998. The quantitative estimate of drug-likeness (QED) is 0.267. The third-order valence-electron chi connectivity index (χ3n) is 4.03. The van der Waals surface area contributed by atoms with Crippen molar-refractivity contribution in [2.75, 3.05) is 20.2 Å². The van der Waals surface area contributed by atoms with E-state index in [0.29, 0.717) is 18.1 Å². The topological polar surface area (TPSA) is 74.8 Å². The second kappa shape index (κ2) is 13.0. The number of aliphatic imine (C=N–C) groups is 1. The summed E-state index contributed by atoms with van der Waals surface area (Å²) < 4.78 is 42.4. The summed E-state index contributed by atoms with van der Waals surface area (Å²) in [5.74, 6) is 0.273. The van der Waals surface area contributed by atoms with Gasteiger partial charge in [-0.15, -0.1) is 24.0 Å². The van der Waals surface area contributed by atoms with Gasteiger partial charge in [0.15, 0.2) is 12.6 Å². The Hall–Kier alpha value is -2.50. The van der Waals surface area contributed by atoms with Crippen molar-refractivity contribution in [2.45, 2.75) is 26.2 Å². The molecule has 0 radical (unpaired) electrons. The molecule has 2 rings (SSSR count). The number of rotatable bonds is 8. The van der Waals surface area contributed by atoms with E-state index in [-0.39, 0.29) is 48.7 Å². The lowest BCUT2D eigenvalue weighted by molar-refractivity contribution is -0.153. The fraction of sp³-hybridized carbons (Fsp3) is 0.333. The zero-order valence-corrected chi connectivity index (χ0v) is 19.6. The maximum absolute atomic E-state index is 12.5. The number of guanidine groups is 1. The van der Waals surface area contributed by atoms with Crippen LogP contribution in [0.1, 0.15) is 16.7 Å². The van der Waals surface area contributed by atoms with Crippen molar-refractivity contribution < 1.29 is 22.7 Å². The van der Waals surface area contributed by atoms with Crippen LogP contribution in [0, 0.1) is 6.92 Å². The largest absolute Gasteiger partial charge is 0.484 e. The molecule has 0 atom stereocenters. The Kier molecular flexibility index (Phi) is 11.2. The van der Waals surface area contributed by atoms with E-state index in [4.69, 9.17) is 4.74 Å². The highest BCUT2D eigenvalue weighted by molar-refractivity contribution is 14.0. The number of aryl methyl sites for hydroxylation is 1. The molecule has 0 spiro atoms. The lowest BCUT2D eigenvalue weighted by Gasteiger charge is -2.16. The normalized spacial score (nSPS) is 11.3. The van der Waals surface area contributed by atoms with Gasteiger partial charge in [0.05, 0.1) is 6.54 Å². The molecule has 1 amide bonds. The number of benzene rings is 2. The summed E-state index contributed by atoms with van der Waals surface area (Å²) in [6, 6.07) is 14.5. The molecule has 0 saturated carbocycles. The molecule has 0 heterocycles. The zero-order valence-electron chi connectivity index (χ0n) is 17.3. The van der Waals surface area contributed by atoms with Gasteiger partial charge in [-0.2, -0.15) is 13.2 Å². The zero-order chi connectivity index (χ0) is 22.0. The number of carbonyl (C=O) groups excluding carboxylic acids is 1. The van der Waals surface area contributed by atoms with E-state index in [1.165, 1.54) is 7.05 Å². The molecule has 0 unspecified atom stereocenters. The molecule has 2 aromatic rings. The van der Waals surface area contributed by atoms with E-state index in [1.807, 2.05) is 30.3 Å². The molecule has 0 aliphatic rings. The molecule has 0 aromatic heterocycles. The van der Waals surface area contributed by atoms with Crippen molar-refractivity contribution in [3.63, 3.8) is 0 Å². The first-order chi connectivity index (χ1) is 14.3. The number of halogens is 4. The summed E-state index contributed by atoms with van der Waals surface area (Å²) in [5, 5.41) is 8.63. The minimum atomic E-state index is -4.42. The van der Waals surface area contributed by atoms with Gasteiger partial charge in [0, 0.05) is 25.7 Å². The number of nitrogens with zero attached hydrogens (tertiary/aromatic N) is 1. The highest BCUT2D eigenvalue weighted by Crippen LogP contribution is 2.23. The second-order valence-electron chi connectivity index (χ2n) is 6.56. The number of nitrogens with one attached hydrogen (secondary N) is 3. The molecule has 2 aromatic carbocycles. The van der Waals surface area contributed by atoms with Crippen molar-refractivity contribution in [3.05, 3.63) is 65.2 Å². The predicted molar refractivity (Wildman–Crippen MR) is 125 cm³/mol. The number of alkyl halides is 3. The van der Waals surface area contributed by atoms with Gasteiger partial charge in [0.1, 0.15) is 5.75 Å². The average Bonchev–Trinajstić information content (AvgIpc) is 2.72. The van der Waals surface area contributed by atoms with Crippen LogP contribution < -0.4 is 20.7 Å². The molecular formula is C21H26F3IN4O2. The maximum atomic E-state index is 12.5. The third kappa shape index (κ3) is 10.4. The van der Waals surface area contributed by atoms with Crippen LogP contribution in [0.15, 0.2) is 53.5 Å². The number of hydrogen-bond acceptors (Lipinski definition) is 3. The Morgan fingerprint density at radius 2 is 1.74 bits per heavy atom. The third-order valence-corrected chi connectivity index (χ3v) is 4.03. The van der Waals surface area contributed by atoms with Crippen molar-refractivity contribution >= 4 is 35.8 Å². The van der Waals surface area contributed by atoms with Gasteiger partial charge in [0.2, 0.25) is 5.91 Å². The highest BCUT2D eigenvalue weighted by atomic mass is 127. The van der Waals surface area contributed by atoms with E-state index in [1.54, 1.807) is 25.1 Å². The number of amides is 1. The fourth-order valence-corrected chi connectivity index (χ4v) is 2.52. The maximum Gasteiger partial charge on any atom is 0.422 e. The van der Waals surface area contributed by atoms with Crippen molar-refractivity contribution in [2.24, 2.45) is 4.99 Å². The number of ether oxygens (including phenoxy) is 1. The predicted octanol–water partition coefficient (Wildman–Crippen LogP) is 3.54. The van der Waals surface area contributed by atoms with Gasteiger partial charge >= 0.3 is 6.18 Å². The van der Waals surface area contributed by atoms with Crippen molar-refractivity contribution in [1.82, 2.24) is 16.0 Å². The van der Waals surface area contributed by atoms with Gasteiger partial charge in [-0.05, 0) is 24.1 Å². The minimum Gasteiger partial charge on any atom is -0.484 e. The van der Waals surface area contributed by atoms with E-state index in [9.17, 15) is 18.0 Å². The highest BCUT2D eigenvalue weighted by Gasteiger charge is 2.28. The van der Waals surface area contributed by atoms with Gasteiger partial charge in [-0.25, -0.2) is 0 Å². The molecule has 10 heteroatoms. The molecule has 31 heavy (non-hydrogen) atoms. The number of hydrogen-bond donors (Lipinski definition) is 3. The second-order valence-corrected chi connectivity index (χ2v) is 6.56. The molecule has 0 fully saturated rings. The van der Waals surface area contributed by atoms with Gasteiger partial charge in [-0.1, -0.05) is 42.5 Å². The lowest BCUT2D eigenvalue weighted by Crippen LogP contribution is -2.42. The molecule has 0 bridgehead atoms. The first-order valence-corrected chi connectivity index (χ1v) is 9.31. The smallest absolute Gasteiger partial charge is 0.422 e. The van der Waals surface area contributed by atoms with Crippen LogP contribution in [0.25, 0.3) is 0 Å². The van der Waals surface area contributed by atoms with E-state index in [0.717, 1.165) is 11.1 Å². The Labute approximate surface area is 196 Å². The van der Waals surface area contributed by atoms with Crippen LogP contribution in [0.3, 0.4) is 0 Å². The summed E-state index contributed by atoms with van der Waals surface area (Å²) in [7, 11) is 1.54. The fourth-order valence-electron chi connectivity index (χ4n) is 2.52. The summed E-state index contributed by atoms with van der Waals surface area (Å²) in [6.07, 6.45) is -4.42. The van der Waals surface area contributed by atoms with Crippen LogP contribution in [0.2, 0.25) is 0 Å². The summed E-state index contributed by atoms with van der Waals surface area (Å²) >= 11 is 0. The van der Waals surface area contributed by atoms with Crippen LogP contribution in [0.4, 0.5) is 13.2 Å². The molecule has 0 aliphatic carbocycles. The monoisotopic (exact) mass is 550 g/mol. The Morgan fingerprint density at radius 1 is 1.03 bits per heavy atom. The minimum absolute atomic E-state index is 0. The average molecular weight is 550 g/mol. The van der Waals surface area contributed by atoms with Crippen LogP contribution in [0.5, 0.6) is 5.75 Å². The summed E-state index contributed by atoms with van der Waals surface area (Å²) in [4.78, 5) is 16.0. The van der Waals surface area contributed by atoms with E-state index in [2.05, 4.69) is 20.9 Å². The van der Waals surface area contributed by atoms with Crippen molar-refractivity contribution in [3.8, 4) is 5.75 Å². The van der Waals surface area contributed by atoms with Gasteiger partial charge in [0.25, 0.3) is 0 Å². The van der Waals surface area contributed by atoms with Crippen LogP contribution in [-0.4, -0.2) is 38.2 Å². The number of carbonyl (C=O) groups is 1. The standard InChI is InChI=1S/C21H25F3N4O2.HI/c1-15-8-9-17(18(10-15)30-14-21(22,23)24)12-27-20(25-2)28-13-19(29)26-11-16-6-4-3-5-7-16;/h3-10H,11-14H2,1-2H3,(H,26,29)(H2,25,27,28);1H. The SMILES string of the molecule is CN=C(NCC(=O)NCc1ccccc1)NCc1ccc(C)cc1OCC(F)(F)F.I. The van der Waals surface area contributed by atoms with E-state index >= 15 is 0 Å². The lowest BCUT2D eigenvalue weighted by atomic mass is 10.1.